The van der Waals surface area contributed by atoms with Gasteiger partial charge in [0.25, 0.3) is 5.91 Å². The Morgan fingerprint density at radius 1 is 1.09 bits per heavy atom. The fraction of sp³-hybridized carbons (Fsp3) is 0.278. The number of carbonyl (C=O) groups excluding carboxylic acids is 1. The summed E-state index contributed by atoms with van der Waals surface area (Å²) in [6, 6.07) is 11.9. The summed E-state index contributed by atoms with van der Waals surface area (Å²) in [5, 5.41) is 2.86. The second kappa shape index (κ2) is 7.13. The van der Waals surface area contributed by atoms with Gasteiger partial charge in [-0.2, -0.15) is 0 Å². The van der Waals surface area contributed by atoms with Gasteiger partial charge in [-0.3, -0.25) is 4.79 Å². The summed E-state index contributed by atoms with van der Waals surface area (Å²) in [4.78, 5) is 12.1. The first-order valence-corrected chi connectivity index (χ1v) is 7.65. The van der Waals surface area contributed by atoms with Gasteiger partial charge in [0, 0.05) is 12.1 Å². The predicted octanol–water partition coefficient (Wildman–Crippen LogP) is 3.31. The van der Waals surface area contributed by atoms with Crippen LogP contribution in [0, 0.1) is 5.82 Å². The first-order chi connectivity index (χ1) is 11.2. The monoisotopic (exact) mass is 315 g/mol. The second-order valence-corrected chi connectivity index (χ2v) is 5.37. The zero-order valence-electron chi connectivity index (χ0n) is 12.7. The van der Waals surface area contributed by atoms with E-state index < -0.39 is 0 Å². The fourth-order valence-corrected chi connectivity index (χ4v) is 2.48. The molecule has 0 saturated carbocycles. The molecule has 0 fully saturated rings. The molecule has 0 radical (unpaired) electrons. The van der Waals surface area contributed by atoms with Crippen molar-refractivity contribution < 1.29 is 18.7 Å². The van der Waals surface area contributed by atoms with Gasteiger partial charge in [0.05, 0.1) is 0 Å². The van der Waals surface area contributed by atoms with Crippen molar-refractivity contribution in [2.75, 3.05) is 13.3 Å². The third kappa shape index (κ3) is 3.80. The average Bonchev–Trinajstić information content (AvgIpc) is 3.03. The Morgan fingerprint density at radius 2 is 1.91 bits per heavy atom. The van der Waals surface area contributed by atoms with Gasteiger partial charge in [-0.1, -0.05) is 18.2 Å². The Kier molecular flexibility index (Phi) is 4.76. The highest BCUT2D eigenvalue weighted by molar-refractivity contribution is 5.94. The van der Waals surface area contributed by atoms with E-state index in [1.54, 1.807) is 30.3 Å². The molecule has 1 N–H and O–H groups in total. The van der Waals surface area contributed by atoms with E-state index >= 15 is 0 Å². The molecule has 23 heavy (non-hydrogen) atoms. The third-order valence-electron chi connectivity index (χ3n) is 3.75. The number of halogens is 1. The number of hydrogen-bond acceptors (Lipinski definition) is 3. The van der Waals surface area contributed by atoms with Gasteiger partial charge in [0.2, 0.25) is 6.79 Å². The number of aryl methyl sites for hydroxylation is 1. The molecule has 3 rings (SSSR count). The largest absolute Gasteiger partial charge is 0.454 e. The summed E-state index contributed by atoms with van der Waals surface area (Å²) in [6.07, 6.45) is 2.29. The first kappa shape index (κ1) is 15.3. The number of carbonyl (C=O) groups is 1. The molecule has 1 aliphatic heterocycles. The molecule has 0 aromatic heterocycles. The minimum Gasteiger partial charge on any atom is -0.454 e. The van der Waals surface area contributed by atoms with Crippen molar-refractivity contribution >= 4 is 5.91 Å². The molecule has 4 nitrogen and oxygen atoms in total. The van der Waals surface area contributed by atoms with E-state index in [9.17, 15) is 9.18 Å². The van der Waals surface area contributed by atoms with Crippen LogP contribution in [-0.2, 0) is 6.42 Å². The molecular weight excluding hydrogens is 297 g/mol. The number of rotatable bonds is 6. The van der Waals surface area contributed by atoms with Crippen LogP contribution < -0.4 is 14.8 Å². The molecule has 1 amide bonds. The Labute approximate surface area is 134 Å². The number of fused-ring (bicyclic) bond motifs is 1. The van der Waals surface area contributed by atoms with Crippen molar-refractivity contribution in [1.29, 1.82) is 0 Å². The van der Waals surface area contributed by atoms with Crippen LogP contribution in [0.25, 0.3) is 0 Å². The van der Waals surface area contributed by atoms with Crippen molar-refractivity contribution in [3.05, 3.63) is 59.4 Å². The van der Waals surface area contributed by atoms with Crippen molar-refractivity contribution in [2.24, 2.45) is 0 Å². The normalized spacial score (nSPS) is 12.2. The van der Waals surface area contributed by atoms with Gasteiger partial charge >= 0.3 is 0 Å². The maximum atomic E-state index is 13.5. The van der Waals surface area contributed by atoms with E-state index in [0.717, 1.165) is 18.4 Å². The van der Waals surface area contributed by atoms with Gasteiger partial charge in [0.15, 0.2) is 11.5 Å². The van der Waals surface area contributed by atoms with E-state index in [4.69, 9.17) is 9.47 Å². The van der Waals surface area contributed by atoms with Crippen LogP contribution in [0.3, 0.4) is 0 Å². The number of benzene rings is 2. The maximum absolute atomic E-state index is 13.5. The lowest BCUT2D eigenvalue weighted by Gasteiger charge is -2.06. The van der Waals surface area contributed by atoms with Gasteiger partial charge in [-0.05, 0) is 49.1 Å². The van der Waals surface area contributed by atoms with Gasteiger partial charge in [-0.15, -0.1) is 0 Å². The molecule has 5 heteroatoms. The first-order valence-electron chi connectivity index (χ1n) is 7.65. The molecule has 0 aliphatic carbocycles. The average molecular weight is 315 g/mol. The predicted molar refractivity (Wildman–Crippen MR) is 84.2 cm³/mol. The summed E-state index contributed by atoms with van der Waals surface area (Å²) in [7, 11) is 0. The highest BCUT2D eigenvalue weighted by atomic mass is 19.1. The molecule has 1 heterocycles. The topological polar surface area (TPSA) is 47.6 Å². The van der Waals surface area contributed by atoms with Crippen LogP contribution >= 0.6 is 0 Å². The van der Waals surface area contributed by atoms with Crippen LogP contribution in [0.5, 0.6) is 11.5 Å². The number of ether oxygens (including phenoxy) is 2. The minimum atomic E-state index is -0.170. The number of amides is 1. The van der Waals surface area contributed by atoms with E-state index in [1.165, 1.54) is 6.07 Å². The summed E-state index contributed by atoms with van der Waals surface area (Å²) in [6.45, 7) is 0.748. The summed E-state index contributed by atoms with van der Waals surface area (Å²) in [5.74, 6) is 0.940. The Hall–Kier alpha value is -2.56. The third-order valence-corrected chi connectivity index (χ3v) is 3.75. The van der Waals surface area contributed by atoms with Gasteiger partial charge in [-0.25, -0.2) is 4.39 Å². The number of nitrogens with one attached hydrogen (secondary N) is 1. The van der Waals surface area contributed by atoms with E-state index in [0.29, 0.717) is 30.0 Å². The fourth-order valence-electron chi connectivity index (χ4n) is 2.48. The van der Waals surface area contributed by atoms with Crippen molar-refractivity contribution in [2.45, 2.75) is 19.3 Å². The molecule has 0 atom stereocenters. The van der Waals surface area contributed by atoms with Gasteiger partial charge < -0.3 is 14.8 Å². The summed E-state index contributed by atoms with van der Waals surface area (Å²) < 4.78 is 23.9. The molecule has 2 aromatic rings. The quantitative estimate of drug-likeness (QED) is 0.832. The zero-order chi connectivity index (χ0) is 16.1. The lowest BCUT2D eigenvalue weighted by Crippen LogP contribution is -2.24. The molecule has 0 bridgehead atoms. The number of hydrogen-bond donors (Lipinski definition) is 1. The molecule has 0 unspecified atom stereocenters. The lowest BCUT2D eigenvalue weighted by atomic mass is 10.1. The van der Waals surface area contributed by atoms with Crippen LogP contribution in [-0.4, -0.2) is 19.2 Å². The smallest absolute Gasteiger partial charge is 0.251 e. The van der Waals surface area contributed by atoms with E-state index in [1.807, 2.05) is 6.07 Å². The highest BCUT2D eigenvalue weighted by Gasteiger charge is 2.15. The summed E-state index contributed by atoms with van der Waals surface area (Å²) in [5.41, 5.74) is 1.26. The van der Waals surface area contributed by atoms with Crippen molar-refractivity contribution in [3.8, 4) is 11.5 Å². The Morgan fingerprint density at radius 3 is 2.78 bits per heavy atom. The van der Waals surface area contributed by atoms with Crippen LogP contribution in [0.2, 0.25) is 0 Å². The van der Waals surface area contributed by atoms with Crippen molar-refractivity contribution in [3.63, 3.8) is 0 Å². The second-order valence-electron chi connectivity index (χ2n) is 5.37. The maximum Gasteiger partial charge on any atom is 0.251 e. The van der Waals surface area contributed by atoms with Gasteiger partial charge in [0.1, 0.15) is 5.82 Å². The zero-order valence-corrected chi connectivity index (χ0v) is 12.7. The van der Waals surface area contributed by atoms with Crippen LogP contribution in [0.1, 0.15) is 28.8 Å². The molecule has 120 valence electrons. The van der Waals surface area contributed by atoms with Crippen molar-refractivity contribution in [1.82, 2.24) is 5.32 Å². The lowest BCUT2D eigenvalue weighted by molar-refractivity contribution is 0.0952. The highest BCUT2D eigenvalue weighted by Crippen LogP contribution is 2.32. The molecular formula is C18H18FNO3. The van der Waals surface area contributed by atoms with Crippen LogP contribution in [0.15, 0.2) is 42.5 Å². The molecule has 1 aliphatic rings. The SMILES string of the molecule is O=C(NCCCCc1ccccc1F)c1ccc2c(c1)OCO2. The van der Waals surface area contributed by atoms with Crippen LogP contribution in [0.4, 0.5) is 4.39 Å². The number of unbranched alkanes of at least 4 members (excludes halogenated alkanes) is 1. The molecule has 2 aromatic carbocycles. The Bertz CT molecular complexity index is 702. The summed E-state index contributed by atoms with van der Waals surface area (Å²) >= 11 is 0. The Balaban J connectivity index is 1.42. The standard InChI is InChI=1S/C18H18FNO3/c19-15-7-2-1-5-13(15)6-3-4-10-20-18(21)14-8-9-16-17(11-14)23-12-22-16/h1-2,5,7-9,11H,3-4,6,10,12H2,(H,20,21). The minimum absolute atomic E-state index is 0.144. The van der Waals surface area contributed by atoms with E-state index in [-0.39, 0.29) is 18.5 Å². The molecule has 0 saturated heterocycles. The molecule has 0 spiro atoms. The van der Waals surface area contributed by atoms with E-state index in [2.05, 4.69) is 5.32 Å².